The number of carbonyl (C=O) groups excluding carboxylic acids is 3. The lowest BCUT2D eigenvalue weighted by atomic mass is 9.98. The molecule has 0 radical (unpaired) electrons. The first-order valence-corrected chi connectivity index (χ1v) is 8.57. The van der Waals surface area contributed by atoms with Gasteiger partial charge in [0.15, 0.2) is 0 Å². The number of esters is 1. The second-order valence-electron chi connectivity index (χ2n) is 7.14. The smallest absolute Gasteiger partial charge is 0.340 e. The van der Waals surface area contributed by atoms with Gasteiger partial charge in [-0.3, -0.25) is 9.59 Å². The normalized spacial score (nSPS) is 11.2. The average molecular weight is 374 g/mol. The quantitative estimate of drug-likeness (QED) is 0.477. The first-order valence-electron chi connectivity index (χ1n) is 8.57. The van der Waals surface area contributed by atoms with Crippen LogP contribution >= 0.6 is 0 Å². The second-order valence-corrected chi connectivity index (χ2v) is 7.14. The molecule has 1 aromatic carbocycles. The molecular formula is C20H23FN2O4. The third kappa shape index (κ3) is 4.61. The van der Waals surface area contributed by atoms with Crippen LogP contribution in [-0.2, 0) is 9.53 Å². The van der Waals surface area contributed by atoms with Crippen molar-refractivity contribution < 1.29 is 23.5 Å². The van der Waals surface area contributed by atoms with E-state index in [4.69, 9.17) is 4.74 Å². The first kappa shape index (κ1) is 20.4. The van der Waals surface area contributed by atoms with E-state index in [0.29, 0.717) is 11.3 Å². The van der Waals surface area contributed by atoms with E-state index in [9.17, 15) is 18.8 Å². The predicted molar refractivity (Wildman–Crippen MR) is 99.1 cm³/mol. The van der Waals surface area contributed by atoms with Gasteiger partial charge in [0.25, 0.3) is 11.7 Å². The molecule has 6 nitrogen and oxygen atoms in total. The summed E-state index contributed by atoms with van der Waals surface area (Å²) in [6.45, 7) is 8.69. The van der Waals surface area contributed by atoms with E-state index in [0.717, 1.165) is 0 Å². The standard InChI is InChI=1S/C20H23FN2O4/c1-6-27-19(26)14-11(2)22-16(17(24)18(25)23-20(3,4)5)15(14)12-7-9-13(21)10-8-12/h7-10,22H,6H2,1-5H3,(H,23,25). The summed E-state index contributed by atoms with van der Waals surface area (Å²) in [6, 6.07) is 5.32. The van der Waals surface area contributed by atoms with Crippen LogP contribution in [0.4, 0.5) is 4.39 Å². The van der Waals surface area contributed by atoms with Crippen LogP contribution < -0.4 is 5.32 Å². The van der Waals surface area contributed by atoms with Crippen LogP contribution in [0.2, 0.25) is 0 Å². The van der Waals surface area contributed by atoms with Crippen molar-refractivity contribution in [2.75, 3.05) is 6.61 Å². The van der Waals surface area contributed by atoms with Crippen LogP contribution in [0, 0.1) is 12.7 Å². The number of H-pyrrole nitrogens is 1. The van der Waals surface area contributed by atoms with Crippen LogP contribution in [0.3, 0.4) is 0 Å². The van der Waals surface area contributed by atoms with Crippen LogP contribution in [0.25, 0.3) is 11.1 Å². The Morgan fingerprint density at radius 1 is 1.15 bits per heavy atom. The van der Waals surface area contributed by atoms with E-state index < -0.39 is 29.0 Å². The summed E-state index contributed by atoms with van der Waals surface area (Å²) >= 11 is 0. The lowest BCUT2D eigenvalue weighted by Gasteiger charge is -2.19. The minimum absolute atomic E-state index is 0.0380. The zero-order valence-corrected chi connectivity index (χ0v) is 16.0. The van der Waals surface area contributed by atoms with Crippen molar-refractivity contribution in [3.8, 4) is 11.1 Å². The first-order chi connectivity index (χ1) is 12.5. The van der Waals surface area contributed by atoms with E-state index in [2.05, 4.69) is 10.3 Å². The van der Waals surface area contributed by atoms with Crippen molar-refractivity contribution in [2.45, 2.75) is 40.2 Å². The monoisotopic (exact) mass is 374 g/mol. The Bertz CT molecular complexity index is 877. The van der Waals surface area contributed by atoms with Gasteiger partial charge in [-0.25, -0.2) is 9.18 Å². The minimum Gasteiger partial charge on any atom is -0.462 e. The van der Waals surface area contributed by atoms with Gasteiger partial charge in [0, 0.05) is 16.8 Å². The number of aromatic amines is 1. The minimum atomic E-state index is -0.817. The lowest BCUT2D eigenvalue weighted by molar-refractivity contribution is -0.118. The fraction of sp³-hybridized carbons (Fsp3) is 0.350. The number of benzene rings is 1. The Labute approximate surface area is 157 Å². The number of hydrogen-bond acceptors (Lipinski definition) is 4. The number of Topliss-reactive ketones (excluding diaryl/α,β-unsaturated/α-hetero) is 1. The number of halogens is 1. The molecular weight excluding hydrogens is 351 g/mol. The molecule has 1 aromatic heterocycles. The second kappa shape index (κ2) is 7.73. The molecule has 0 unspecified atom stereocenters. The highest BCUT2D eigenvalue weighted by Crippen LogP contribution is 2.31. The zero-order valence-electron chi connectivity index (χ0n) is 16.0. The van der Waals surface area contributed by atoms with Gasteiger partial charge in [0.2, 0.25) is 0 Å². The molecule has 1 heterocycles. The fourth-order valence-corrected chi connectivity index (χ4v) is 2.67. The Morgan fingerprint density at radius 2 is 1.74 bits per heavy atom. The van der Waals surface area contributed by atoms with Gasteiger partial charge in [-0.1, -0.05) is 12.1 Å². The van der Waals surface area contributed by atoms with E-state index >= 15 is 0 Å². The van der Waals surface area contributed by atoms with Gasteiger partial charge in [0.1, 0.15) is 11.5 Å². The van der Waals surface area contributed by atoms with Gasteiger partial charge in [0.05, 0.1) is 12.2 Å². The Morgan fingerprint density at radius 3 is 2.26 bits per heavy atom. The molecule has 0 aliphatic heterocycles. The summed E-state index contributed by atoms with van der Waals surface area (Å²) < 4.78 is 18.4. The van der Waals surface area contributed by atoms with Gasteiger partial charge < -0.3 is 15.0 Å². The van der Waals surface area contributed by atoms with Crippen molar-refractivity contribution in [3.63, 3.8) is 0 Å². The maximum atomic E-state index is 13.3. The number of nitrogens with one attached hydrogen (secondary N) is 2. The largest absolute Gasteiger partial charge is 0.462 e. The highest BCUT2D eigenvalue weighted by atomic mass is 19.1. The zero-order chi connectivity index (χ0) is 20.4. The van der Waals surface area contributed by atoms with Crippen molar-refractivity contribution in [3.05, 3.63) is 47.0 Å². The molecule has 27 heavy (non-hydrogen) atoms. The molecule has 7 heteroatoms. The van der Waals surface area contributed by atoms with Crippen molar-refractivity contribution in [1.29, 1.82) is 0 Å². The molecule has 2 aromatic rings. The molecule has 1 amide bonds. The Balaban J connectivity index is 2.62. The third-order valence-electron chi connectivity index (χ3n) is 3.72. The van der Waals surface area contributed by atoms with Crippen LogP contribution in [0.1, 0.15) is 54.2 Å². The molecule has 0 fully saturated rings. The summed E-state index contributed by atoms with van der Waals surface area (Å²) in [5, 5.41) is 2.60. The molecule has 0 saturated heterocycles. The van der Waals surface area contributed by atoms with E-state index in [-0.39, 0.29) is 23.4 Å². The van der Waals surface area contributed by atoms with Gasteiger partial charge in [-0.15, -0.1) is 0 Å². The number of ketones is 1. The highest BCUT2D eigenvalue weighted by molar-refractivity contribution is 6.44. The van der Waals surface area contributed by atoms with Crippen LogP contribution in [0.15, 0.2) is 24.3 Å². The SMILES string of the molecule is CCOC(=O)c1c(C)[nH]c(C(=O)C(=O)NC(C)(C)C)c1-c1ccc(F)cc1. The maximum Gasteiger partial charge on any atom is 0.340 e. The average Bonchev–Trinajstić information content (AvgIpc) is 2.90. The van der Waals surface area contributed by atoms with Crippen LogP contribution in [-0.4, -0.2) is 34.8 Å². The topological polar surface area (TPSA) is 88.3 Å². The van der Waals surface area contributed by atoms with Crippen molar-refractivity contribution in [1.82, 2.24) is 10.3 Å². The van der Waals surface area contributed by atoms with E-state index in [1.165, 1.54) is 24.3 Å². The number of ether oxygens (including phenoxy) is 1. The highest BCUT2D eigenvalue weighted by Gasteiger charge is 2.31. The number of aromatic nitrogens is 1. The molecule has 2 rings (SSSR count). The van der Waals surface area contributed by atoms with Gasteiger partial charge in [-0.05, 0) is 52.3 Å². The van der Waals surface area contributed by atoms with Crippen molar-refractivity contribution in [2.24, 2.45) is 0 Å². The Hall–Kier alpha value is -2.96. The summed E-state index contributed by atoms with van der Waals surface area (Å²) in [5.41, 5.74) is 0.545. The molecule has 0 saturated carbocycles. The third-order valence-corrected chi connectivity index (χ3v) is 3.72. The van der Waals surface area contributed by atoms with Crippen LogP contribution in [0.5, 0.6) is 0 Å². The summed E-state index contributed by atoms with van der Waals surface area (Å²) in [7, 11) is 0. The number of amides is 1. The summed E-state index contributed by atoms with van der Waals surface area (Å²) in [6.07, 6.45) is 0. The molecule has 0 aliphatic carbocycles. The number of aryl methyl sites for hydroxylation is 1. The number of carbonyl (C=O) groups is 3. The lowest BCUT2D eigenvalue weighted by Crippen LogP contribution is -2.44. The summed E-state index contributed by atoms with van der Waals surface area (Å²) in [4.78, 5) is 40.4. The molecule has 0 spiro atoms. The predicted octanol–water partition coefficient (Wildman–Crippen LogP) is 3.40. The van der Waals surface area contributed by atoms with Crippen molar-refractivity contribution >= 4 is 17.7 Å². The van der Waals surface area contributed by atoms with Gasteiger partial charge in [-0.2, -0.15) is 0 Å². The Kier molecular flexibility index (Phi) is 5.83. The fourth-order valence-electron chi connectivity index (χ4n) is 2.67. The number of rotatable bonds is 5. The van der Waals surface area contributed by atoms with E-state index in [1.807, 2.05) is 0 Å². The number of hydrogen-bond donors (Lipinski definition) is 2. The van der Waals surface area contributed by atoms with E-state index in [1.54, 1.807) is 34.6 Å². The molecule has 0 aliphatic rings. The molecule has 0 bridgehead atoms. The maximum absolute atomic E-state index is 13.3. The molecule has 2 N–H and O–H groups in total. The van der Waals surface area contributed by atoms with Gasteiger partial charge >= 0.3 is 5.97 Å². The molecule has 0 atom stereocenters. The summed E-state index contributed by atoms with van der Waals surface area (Å²) in [5.74, 6) is -2.70. The molecule has 144 valence electrons.